The van der Waals surface area contributed by atoms with Gasteiger partial charge in [-0.25, -0.2) is 9.67 Å². The maximum Gasteiger partial charge on any atom is 0.148 e. The second-order valence-electron chi connectivity index (χ2n) is 6.28. The highest BCUT2D eigenvalue weighted by Gasteiger charge is 2.08. The minimum Gasteiger partial charge on any atom is -0.311 e. The Morgan fingerprint density at radius 3 is 2.71 bits per heavy atom. The van der Waals surface area contributed by atoms with Crippen LogP contribution < -0.4 is 5.32 Å². The monoisotopic (exact) mass is 290 g/mol. The molecule has 0 aliphatic heterocycles. The third kappa shape index (κ3) is 4.97. The lowest BCUT2D eigenvalue weighted by molar-refractivity contribution is 0.455. The van der Waals surface area contributed by atoms with E-state index in [1.807, 2.05) is 15.6 Å². The predicted octanol–water partition coefficient (Wildman–Crippen LogP) is 1.92. The van der Waals surface area contributed by atoms with Crippen LogP contribution in [0.25, 0.3) is 0 Å². The summed E-state index contributed by atoms with van der Waals surface area (Å²) in [4.78, 5) is 4.33. The molecule has 0 fully saturated rings. The maximum absolute atomic E-state index is 4.58. The highest BCUT2D eigenvalue weighted by Crippen LogP contribution is 2.04. The highest BCUT2D eigenvalue weighted by molar-refractivity contribution is 5.00. The maximum atomic E-state index is 4.58. The quantitative estimate of drug-likeness (QED) is 0.807. The molecule has 0 unspecified atom stereocenters. The van der Waals surface area contributed by atoms with Crippen molar-refractivity contribution in [2.24, 2.45) is 11.8 Å². The standard InChI is InChI=1S/C15H26N6/c1-12(2)7-16-8-14-5-6-20(19-14)10-15-17-11-18-21(15)9-13(3)4/h5-6,11-13,16H,7-10H2,1-4H3. The Morgan fingerprint density at radius 2 is 2.00 bits per heavy atom. The van der Waals surface area contributed by atoms with Crippen molar-refractivity contribution >= 4 is 0 Å². The Bertz CT molecular complexity index is 540. The predicted molar refractivity (Wildman–Crippen MR) is 82.7 cm³/mol. The van der Waals surface area contributed by atoms with Crippen LogP contribution in [0.5, 0.6) is 0 Å². The smallest absolute Gasteiger partial charge is 0.148 e. The van der Waals surface area contributed by atoms with Crippen LogP contribution in [0.3, 0.4) is 0 Å². The van der Waals surface area contributed by atoms with Crippen molar-refractivity contribution in [1.82, 2.24) is 29.9 Å². The van der Waals surface area contributed by atoms with Crippen LogP contribution in [0, 0.1) is 11.8 Å². The molecule has 21 heavy (non-hydrogen) atoms. The zero-order valence-electron chi connectivity index (χ0n) is 13.5. The van der Waals surface area contributed by atoms with E-state index in [-0.39, 0.29) is 0 Å². The molecule has 2 rings (SSSR count). The third-order valence-electron chi connectivity index (χ3n) is 3.09. The van der Waals surface area contributed by atoms with Gasteiger partial charge < -0.3 is 5.32 Å². The van der Waals surface area contributed by atoms with Gasteiger partial charge in [-0.15, -0.1) is 0 Å². The van der Waals surface area contributed by atoms with Crippen molar-refractivity contribution in [1.29, 1.82) is 0 Å². The highest BCUT2D eigenvalue weighted by atomic mass is 15.4. The van der Waals surface area contributed by atoms with Gasteiger partial charge in [-0.1, -0.05) is 27.7 Å². The van der Waals surface area contributed by atoms with E-state index in [4.69, 9.17) is 0 Å². The topological polar surface area (TPSA) is 60.6 Å². The van der Waals surface area contributed by atoms with Crippen molar-refractivity contribution in [3.63, 3.8) is 0 Å². The number of nitrogens with one attached hydrogen (secondary N) is 1. The molecule has 2 aromatic heterocycles. The largest absolute Gasteiger partial charge is 0.311 e. The number of hydrogen-bond acceptors (Lipinski definition) is 4. The zero-order valence-corrected chi connectivity index (χ0v) is 13.5. The second-order valence-corrected chi connectivity index (χ2v) is 6.28. The van der Waals surface area contributed by atoms with E-state index in [1.165, 1.54) is 0 Å². The summed E-state index contributed by atoms with van der Waals surface area (Å²) in [5, 5.41) is 12.3. The van der Waals surface area contributed by atoms with Gasteiger partial charge >= 0.3 is 0 Å². The van der Waals surface area contributed by atoms with Gasteiger partial charge in [-0.3, -0.25) is 4.68 Å². The molecule has 0 aliphatic rings. The number of rotatable bonds is 8. The van der Waals surface area contributed by atoms with E-state index in [0.717, 1.165) is 31.2 Å². The van der Waals surface area contributed by atoms with Crippen molar-refractivity contribution in [2.45, 2.75) is 47.3 Å². The SMILES string of the molecule is CC(C)CNCc1ccn(Cc2ncnn2CC(C)C)n1. The van der Waals surface area contributed by atoms with E-state index >= 15 is 0 Å². The summed E-state index contributed by atoms with van der Waals surface area (Å²) in [6, 6.07) is 2.05. The first-order valence-corrected chi connectivity index (χ1v) is 7.64. The second kappa shape index (κ2) is 7.36. The molecule has 0 saturated heterocycles. The molecule has 0 radical (unpaired) electrons. The Balaban J connectivity index is 1.92. The molecule has 1 N–H and O–H groups in total. The Labute approximate surface area is 126 Å². The summed E-state index contributed by atoms with van der Waals surface area (Å²) in [7, 11) is 0. The van der Waals surface area contributed by atoms with Gasteiger partial charge in [0.15, 0.2) is 0 Å². The third-order valence-corrected chi connectivity index (χ3v) is 3.09. The number of nitrogens with zero attached hydrogens (tertiary/aromatic N) is 5. The van der Waals surface area contributed by atoms with Crippen molar-refractivity contribution in [2.75, 3.05) is 6.54 Å². The van der Waals surface area contributed by atoms with Crippen molar-refractivity contribution in [3.8, 4) is 0 Å². The molecular weight excluding hydrogens is 264 g/mol. The Morgan fingerprint density at radius 1 is 1.19 bits per heavy atom. The van der Waals surface area contributed by atoms with E-state index in [9.17, 15) is 0 Å². The van der Waals surface area contributed by atoms with Gasteiger partial charge in [0.2, 0.25) is 0 Å². The van der Waals surface area contributed by atoms with Crippen LogP contribution >= 0.6 is 0 Å². The zero-order chi connectivity index (χ0) is 15.2. The van der Waals surface area contributed by atoms with Crippen LogP contribution in [-0.2, 0) is 19.6 Å². The normalized spacial score (nSPS) is 11.7. The molecule has 6 nitrogen and oxygen atoms in total. The van der Waals surface area contributed by atoms with Crippen LogP contribution in [0.4, 0.5) is 0 Å². The van der Waals surface area contributed by atoms with Crippen LogP contribution in [0.2, 0.25) is 0 Å². The molecular formula is C15H26N6. The van der Waals surface area contributed by atoms with E-state index in [1.54, 1.807) is 6.33 Å². The average Bonchev–Trinajstić information content (AvgIpc) is 3.00. The van der Waals surface area contributed by atoms with Gasteiger partial charge in [0.25, 0.3) is 0 Å². The summed E-state index contributed by atoms with van der Waals surface area (Å²) in [5.74, 6) is 2.16. The number of hydrogen-bond donors (Lipinski definition) is 1. The average molecular weight is 290 g/mol. The summed E-state index contributed by atoms with van der Waals surface area (Å²) in [6.07, 6.45) is 3.62. The van der Waals surface area contributed by atoms with Crippen molar-refractivity contribution in [3.05, 3.63) is 30.1 Å². The minimum atomic E-state index is 0.555. The lowest BCUT2D eigenvalue weighted by Gasteiger charge is -2.08. The van der Waals surface area contributed by atoms with Crippen LogP contribution in [0.1, 0.15) is 39.2 Å². The van der Waals surface area contributed by atoms with Crippen molar-refractivity contribution < 1.29 is 0 Å². The fraction of sp³-hybridized carbons (Fsp3) is 0.667. The summed E-state index contributed by atoms with van der Waals surface area (Å²) < 4.78 is 3.89. The Hall–Kier alpha value is -1.69. The first kappa shape index (κ1) is 15.7. The molecule has 0 bridgehead atoms. The first-order valence-electron chi connectivity index (χ1n) is 7.64. The summed E-state index contributed by atoms with van der Waals surface area (Å²) >= 11 is 0. The number of aromatic nitrogens is 5. The van der Waals surface area contributed by atoms with E-state index in [2.05, 4.69) is 54.3 Å². The van der Waals surface area contributed by atoms with Gasteiger partial charge in [0.05, 0.1) is 5.69 Å². The minimum absolute atomic E-state index is 0.555. The molecule has 0 atom stereocenters. The molecule has 116 valence electrons. The van der Waals surface area contributed by atoms with E-state index < -0.39 is 0 Å². The summed E-state index contributed by atoms with van der Waals surface area (Å²) in [6.45, 7) is 12.1. The lowest BCUT2D eigenvalue weighted by Crippen LogP contribution is -2.19. The Kier molecular flexibility index (Phi) is 5.50. The van der Waals surface area contributed by atoms with Gasteiger partial charge in [-0.2, -0.15) is 10.2 Å². The molecule has 0 spiro atoms. The molecule has 2 aromatic rings. The fourth-order valence-electron chi connectivity index (χ4n) is 2.13. The fourth-order valence-corrected chi connectivity index (χ4v) is 2.13. The molecule has 0 amide bonds. The first-order chi connectivity index (χ1) is 10.0. The molecule has 0 aliphatic carbocycles. The van der Waals surface area contributed by atoms with Gasteiger partial charge in [-0.05, 0) is 24.4 Å². The van der Waals surface area contributed by atoms with Gasteiger partial charge in [0.1, 0.15) is 18.7 Å². The lowest BCUT2D eigenvalue weighted by atomic mass is 10.2. The molecule has 2 heterocycles. The van der Waals surface area contributed by atoms with E-state index in [0.29, 0.717) is 18.4 Å². The van der Waals surface area contributed by atoms with Crippen LogP contribution in [-0.4, -0.2) is 31.1 Å². The molecule has 0 saturated carbocycles. The molecule has 0 aromatic carbocycles. The molecule has 6 heteroatoms. The summed E-state index contributed by atoms with van der Waals surface area (Å²) in [5.41, 5.74) is 1.06. The van der Waals surface area contributed by atoms with Crippen LogP contribution in [0.15, 0.2) is 18.6 Å². The van der Waals surface area contributed by atoms with Gasteiger partial charge in [0, 0.05) is 19.3 Å².